The van der Waals surface area contributed by atoms with Gasteiger partial charge in [-0.15, -0.1) is 0 Å². The summed E-state index contributed by atoms with van der Waals surface area (Å²) in [6.45, 7) is 2.61. The second-order valence-electron chi connectivity index (χ2n) is 5.06. The lowest BCUT2D eigenvalue weighted by molar-refractivity contribution is 0.250. The number of nitrogen functional groups attached to an aromatic ring is 1. The molecule has 1 fully saturated rings. The first kappa shape index (κ1) is 15.5. The molecule has 0 amide bonds. The molecule has 0 saturated heterocycles. The van der Waals surface area contributed by atoms with Crippen molar-refractivity contribution in [1.82, 2.24) is 4.31 Å². The number of halogens is 2. The van der Waals surface area contributed by atoms with Crippen LogP contribution in [-0.2, 0) is 10.0 Å². The molecule has 1 saturated carbocycles. The first-order chi connectivity index (χ1) is 9.36. The van der Waals surface area contributed by atoms with Crippen LogP contribution in [0.1, 0.15) is 26.2 Å². The Morgan fingerprint density at radius 3 is 2.60 bits per heavy atom. The highest BCUT2D eigenvalue weighted by atomic mass is 35.5. The molecular formula is C13H18ClFN2O2S. The van der Waals surface area contributed by atoms with Gasteiger partial charge in [-0.05, 0) is 30.9 Å². The molecule has 0 unspecified atom stereocenters. The zero-order valence-electron chi connectivity index (χ0n) is 11.3. The first-order valence-electron chi connectivity index (χ1n) is 6.61. The first-order valence-corrected chi connectivity index (χ1v) is 8.42. The quantitative estimate of drug-likeness (QED) is 0.848. The van der Waals surface area contributed by atoms with Crippen molar-refractivity contribution in [1.29, 1.82) is 0 Å². The van der Waals surface area contributed by atoms with Crippen LogP contribution in [0.3, 0.4) is 0 Å². The molecule has 0 spiro atoms. The topological polar surface area (TPSA) is 63.4 Å². The minimum absolute atomic E-state index is 0.126. The highest BCUT2D eigenvalue weighted by Gasteiger charge is 2.30. The molecule has 0 aromatic heterocycles. The van der Waals surface area contributed by atoms with Gasteiger partial charge in [-0.1, -0.05) is 24.9 Å². The highest BCUT2D eigenvalue weighted by Crippen LogP contribution is 2.32. The van der Waals surface area contributed by atoms with E-state index in [0.717, 1.165) is 31.4 Å². The molecule has 1 aliphatic rings. The fourth-order valence-corrected chi connectivity index (χ4v) is 4.29. The van der Waals surface area contributed by atoms with Crippen LogP contribution < -0.4 is 5.73 Å². The molecule has 0 atom stereocenters. The third kappa shape index (κ3) is 2.92. The summed E-state index contributed by atoms with van der Waals surface area (Å²) in [7, 11) is -3.74. The lowest BCUT2D eigenvalue weighted by Crippen LogP contribution is -2.37. The van der Waals surface area contributed by atoms with Gasteiger partial charge in [-0.3, -0.25) is 0 Å². The molecule has 20 heavy (non-hydrogen) atoms. The van der Waals surface area contributed by atoms with Gasteiger partial charge in [0, 0.05) is 13.1 Å². The minimum atomic E-state index is -3.74. The van der Waals surface area contributed by atoms with Crippen molar-refractivity contribution in [3.05, 3.63) is 23.0 Å². The number of nitrogens with two attached hydrogens (primary N) is 1. The number of sulfonamides is 1. The van der Waals surface area contributed by atoms with Crippen LogP contribution in [0, 0.1) is 11.7 Å². The maximum Gasteiger partial charge on any atom is 0.244 e. The average Bonchev–Trinajstić information content (AvgIpc) is 2.32. The van der Waals surface area contributed by atoms with E-state index in [2.05, 4.69) is 0 Å². The van der Waals surface area contributed by atoms with Crippen molar-refractivity contribution < 1.29 is 12.8 Å². The number of nitrogens with zero attached hydrogens (tertiary/aromatic N) is 1. The SMILES string of the molecule is CCN(CC1CCC1)S(=O)(=O)c1cc(N)c(F)cc1Cl. The lowest BCUT2D eigenvalue weighted by atomic mass is 9.85. The molecule has 112 valence electrons. The van der Waals surface area contributed by atoms with E-state index in [0.29, 0.717) is 19.0 Å². The Labute approximate surface area is 123 Å². The van der Waals surface area contributed by atoms with E-state index in [1.54, 1.807) is 6.92 Å². The largest absolute Gasteiger partial charge is 0.396 e. The smallest absolute Gasteiger partial charge is 0.244 e. The normalized spacial score (nSPS) is 16.4. The minimum Gasteiger partial charge on any atom is -0.396 e. The Morgan fingerprint density at radius 1 is 1.45 bits per heavy atom. The zero-order valence-corrected chi connectivity index (χ0v) is 12.8. The maximum atomic E-state index is 13.3. The van der Waals surface area contributed by atoms with Crippen LogP contribution in [0.2, 0.25) is 5.02 Å². The van der Waals surface area contributed by atoms with Gasteiger partial charge in [-0.25, -0.2) is 12.8 Å². The monoisotopic (exact) mass is 320 g/mol. The second-order valence-corrected chi connectivity index (χ2v) is 7.37. The number of hydrogen-bond donors (Lipinski definition) is 1. The molecule has 0 radical (unpaired) electrons. The predicted molar refractivity (Wildman–Crippen MR) is 77.6 cm³/mol. The standard InChI is InChI=1S/C13H18ClFN2O2S/c1-2-17(8-9-4-3-5-9)20(18,19)13-7-12(16)11(15)6-10(13)14/h6-7,9H,2-5,8,16H2,1H3. The molecule has 0 bridgehead atoms. The fraction of sp³-hybridized carbons (Fsp3) is 0.538. The van der Waals surface area contributed by atoms with E-state index in [4.69, 9.17) is 17.3 Å². The van der Waals surface area contributed by atoms with Crippen molar-refractivity contribution in [2.45, 2.75) is 31.1 Å². The van der Waals surface area contributed by atoms with Gasteiger partial charge in [0.1, 0.15) is 10.7 Å². The van der Waals surface area contributed by atoms with E-state index >= 15 is 0 Å². The number of hydrogen-bond acceptors (Lipinski definition) is 3. The maximum absolute atomic E-state index is 13.3. The molecule has 2 rings (SSSR count). The van der Waals surface area contributed by atoms with Crippen molar-refractivity contribution in [2.24, 2.45) is 5.92 Å². The summed E-state index contributed by atoms with van der Waals surface area (Å²) < 4.78 is 39.8. The van der Waals surface area contributed by atoms with E-state index in [1.807, 2.05) is 0 Å². The van der Waals surface area contributed by atoms with Gasteiger partial charge in [-0.2, -0.15) is 4.31 Å². The van der Waals surface area contributed by atoms with Gasteiger partial charge in [0.05, 0.1) is 10.7 Å². The third-order valence-corrected chi connectivity index (χ3v) is 6.11. The Kier molecular flexibility index (Phi) is 4.56. The van der Waals surface area contributed by atoms with E-state index in [-0.39, 0.29) is 15.6 Å². The molecule has 0 aliphatic heterocycles. The molecule has 7 heteroatoms. The van der Waals surface area contributed by atoms with Gasteiger partial charge >= 0.3 is 0 Å². The molecule has 2 N–H and O–H groups in total. The third-order valence-electron chi connectivity index (χ3n) is 3.71. The molecule has 1 aromatic carbocycles. The zero-order chi connectivity index (χ0) is 14.9. The van der Waals surface area contributed by atoms with Crippen molar-refractivity contribution in [2.75, 3.05) is 18.8 Å². The van der Waals surface area contributed by atoms with Crippen molar-refractivity contribution in [3.8, 4) is 0 Å². The van der Waals surface area contributed by atoms with Crippen LogP contribution >= 0.6 is 11.6 Å². The Balaban J connectivity index is 2.34. The van der Waals surface area contributed by atoms with E-state index in [9.17, 15) is 12.8 Å². The van der Waals surface area contributed by atoms with E-state index < -0.39 is 15.8 Å². The van der Waals surface area contributed by atoms with Crippen LogP contribution in [0.15, 0.2) is 17.0 Å². The number of benzene rings is 1. The Hall–Kier alpha value is -0.850. The number of anilines is 1. The van der Waals surface area contributed by atoms with Gasteiger partial charge in [0.2, 0.25) is 10.0 Å². The lowest BCUT2D eigenvalue weighted by Gasteiger charge is -2.31. The Bertz CT molecular complexity index is 603. The van der Waals surface area contributed by atoms with Crippen LogP contribution in [-0.4, -0.2) is 25.8 Å². The predicted octanol–water partition coefficient (Wildman–Crippen LogP) is 2.87. The van der Waals surface area contributed by atoms with Gasteiger partial charge < -0.3 is 5.73 Å². The Morgan fingerprint density at radius 2 is 2.10 bits per heavy atom. The molecule has 4 nitrogen and oxygen atoms in total. The summed E-state index contributed by atoms with van der Waals surface area (Å²) in [6, 6.07) is 2.04. The molecule has 0 heterocycles. The van der Waals surface area contributed by atoms with Crippen LogP contribution in [0.4, 0.5) is 10.1 Å². The summed E-state index contributed by atoms with van der Waals surface area (Å²) in [4.78, 5) is -0.126. The summed E-state index contributed by atoms with van der Waals surface area (Å²) in [5.74, 6) is -0.308. The average molecular weight is 321 g/mol. The molecule has 1 aromatic rings. The van der Waals surface area contributed by atoms with Gasteiger partial charge in [0.15, 0.2) is 0 Å². The fourth-order valence-electron chi connectivity index (χ4n) is 2.24. The highest BCUT2D eigenvalue weighted by molar-refractivity contribution is 7.89. The van der Waals surface area contributed by atoms with Crippen LogP contribution in [0.25, 0.3) is 0 Å². The summed E-state index contributed by atoms with van der Waals surface area (Å²) in [5, 5.41) is -0.135. The summed E-state index contributed by atoms with van der Waals surface area (Å²) in [6.07, 6.45) is 3.24. The summed E-state index contributed by atoms with van der Waals surface area (Å²) in [5.41, 5.74) is 5.23. The molecular weight excluding hydrogens is 303 g/mol. The van der Waals surface area contributed by atoms with Gasteiger partial charge in [0.25, 0.3) is 0 Å². The second kappa shape index (κ2) is 5.87. The van der Waals surface area contributed by atoms with Crippen molar-refractivity contribution >= 4 is 27.3 Å². The molecule has 1 aliphatic carbocycles. The van der Waals surface area contributed by atoms with Crippen LogP contribution in [0.5, 0.6) is 0 Å². The number of rotatable bonds is 5. The summed E-state index contributed by atoms with van der Waals surface area (Å²) >= 11 is 5.87. The van der Waals surface area contributed by atoms with E-state index in [1.165, 1.54) is 4.31 Å². The van der Waals surface area contributed by atoms with Crippen molar-refractivity contribution in [3.63, 3.8) is 0 Å².